The monoisotopic (exact) mass is 469 g/mol. The number of nitrogen functional groups attached to an aromatic ring is 1. The molecule has 0 aliphatic heterocycles. The predicted octanol–water partition coefficient (Wildman–Crippen LogP) is 4.64. The number of pyridine rings is 1. The van der Waals surface area contributed by atoms with Gasteiger partial charge < -0.3 is 21.3 Å². The molecule has 0 radical (unpaired) electrons. The third-order valence-electron chi connectivity index (χ3n) is 7.12. The van der Waals surface area contributed by atoms with Crippen molar-refractivity contribution < 1.29 is 9.32 Å². The fourth-order valence-electron chi connectivity index (χ4n) is 4.98. The van der Waals surface area contributed by atoms with Gasteiger partial charge in [0.25, 0.3) is 0 Å². The Kier molecular flexibility index (Phi) is 6.77. The van der Waals surface area contributed by atoms with Crippen molar-refractivity contribution in [1.29, 1.82) is 0 Å². The van der Waals surface area contributed by atoms with Crippen molar-refractivity contribution in [1.82, 2.24) is 15.5 Å². The second-order valence-electron chi connectivity index (χ2n) is 9.45. The van der Waals surface area contributed by atoms with E-state index in [-0.39, 0.29) is 17.9 Å². The SMILES string of the molecule is NCC1CCC(C(=O)N[C@H](Cc2ccccc2)c2cc(-c3ccc4c(N)noc4c3)ccn2)CC1. The summed E-state index contributed by atoms with van der Waals surface area (Å²) < 4.78 is 5.35. The topological polar surface area (TPSA) is 120 Å². The van der Waals surface area contributed by atoms with Gasteiger partial charge in [-0.05, 0) is 85.5 Å². The molecule has 0 saturated heterocycles. The lowest BCUT2D eigenvalue weighted by Crippen LogP contribution is -2.37. The summed E-state index contributed by atoms with van der Waals surface area (Å²) in [6, 6.07) is 19.8. The number of carbonyl (C=O) groups is 1. The van der Waals surface area contributed by atoms with E-state index in [1.165, 1.54) is 0 Å². The number of nitrogens with one attached hydrogen (secondary N) is 1. The van der Waals surface area contributed by atoms with Gasteiger partial charge in [0.1, 0.15) is 0 Å². The first-order valence-corrected chi connectivity index (χ1v) is 12.3. The average Bonchev–Trinajstić information content (AvgIpc) is 3.29. The summed E-state index contributed by atoms with van der Waals surface area (Å²) in [5, 5.41) is 7.96. The van der Waals surface area contributed by atoms with Gasteiger partial charge in [0, 0.05) is 12.1 Å². The minimum Gasteiger partial charge on any atom is -0.380 e. The fourth-order valence-corrected chi connectivity index (χ4v) is 4.98. The molecule has 2 heterocycles. The van der Waals surface area contributed by atoms with Crippen LogP contribution in [0.15, 0.2) is 71.4 Å². The molecule has 1 aliphatic carbocycles. The van der Waals surface area contributed by atoms with Gasteiger partial charge in [-0.15, -0.1) is 0 Å². The number of anilines is 1. The molecule has 5 rings (SSSR count). The number of benzene rings is 2. The number of aromatic nitrogens is 2. The van der Waals surface area contributed by atoms with Crippen LogP contribution in [0.5, 0.6) is 0 Å². The standard InChI is InChI=1S/C28H31N5O2/c29-17-19-6-8-20(9-7-19)28(34)32-25(14-18-4-2-1-3-5-18)24-15-22(12-13-31-24)21-10-11-23-26(16-21)35-33-27(23)30/h1-5,10-13,15-16,19-20,25H,6-9,14,17,29H2,(H2,30,33)(H,32,34)/t19?,20?,25-/m1/s1. The smallest absolute Gasteiger partial charge is 0.223 e. The molecule has 7 heteroatoms. The molecule has 35 heavy (non-hydrogen) atoms. The lowest BCUT2D eigenvalue weighted by molar-refractivity contribution is -0.127. The van der Waals surface area contributed by atoms with Crippen LogP contribution in [0, 0.1) is 11.8 Å². The molecule has 0 unspecified atom stereocenters. The molecular weight excluding hydrogens is 438 g/mol. The fraction of sp³-hybridized carbons (Fsp3) is 0.321. The van der Waals surface area contributed by atoms with Crippen LogP contribution in [0.25, 0.3) is 22.1 Å². The van der Waals surface area contributed by atoms with E-state index in [2.05, 4.69) is 27.6 Å². The Bertz CT molecular complexity index is 1300. The number of hydrogen-bond acceptors (Lipinski definition) is 6. The summed E-state index contributed by atoms with van der Waals surface area (Å²) in [7, 11) is 0. The van der Waals surface area contributed by atoms with Gasteiger partial charge in [-0.25, -0.2) is 0 Å². The van der Waals surface area contributed by atoms with Crippen molar-refractivity contribution in [2.75, 3.05) is 12.3 Å². The molecule has 5 N–H and O–H groups in total. The maximum atomic E-state index is 13.3. The van der Waals surface area contributed by atoms with Crippen LogP contribution in [-0.4, -0.2) is 22.6 Å². The molecule has 1 aliphatic rings. The molecule has 180 valence electrons. The van der Waals surface area contributed by atoms with Crippen LogP contribution in [0.4, 0.5) is 5.82 Å². The van der Waals surface area contributed by atoms with E-state index in [0.29, 0.717) is 30.3 Å². The van der Waals surface area contributed by atoms with Crippen molar-refractivity contribution in [3.63, 3.8) is 0 Å². The highest BCUT2D eigenvalue weighted by Gasteiger charge is 2.28. The Morgan fingerprint density at radius 1 is 1.03 bits per heavy atom. The van der Waals surface area contributed by atoms with E-state index < -0.39 is 0 Å². The van der Waals surface area contributed by atoms with Crippen molar-refractivity contribution in [2.45, 2.75) is 38.1 Å². The molecule has 7 nitrogen and oxygen atoms in total. The number of rotatable bonds is 7. The molecule has 2 aromatic heterocycles. The highest BCUT2D eigenvalue weighted by Crippen LogP contribution is 2.31. The van der Waals surface area contributed by atoms with Crippen LogP contribution in [0.2, 0.25) is 0 Å². The minimum atomic E-state index is -0.235. The zero-order valence-corrected chi connectivity index (χ0v) is 19.7. The van der Waals surface area contributed by atoms with E-state index >= 15 is 0 Å². The molecule has 0 spiro atoms. The Morgan fingerprint density at radius 3 is 2.57 bits per heavy atom. The predicted molar refractivity (Wildman–Crippen MR) is 137 cm³/mol. The van der Waals surface area contributed by atoms with Crippen LogP contribution in [0.3, 0.4) is 0 Å². The van der Waals surface area contributed by atoms with Crippen LogP contribution in [-0.2, 0) is 11.2 Å². The Labute approximate surface area is 204 Å². The van der Waals surface area contributed by atoms with Gasteiger partial charge in [0.2, 0.25) is 5.91 Å². The maximum Gasteiger partial charge on any atom is 0.223 e. The summed E-state index contributed by atoms with van der Waals surface area (Å²) in [6.07, 6.45) is 6.26. The van der Waals surface area contributed by atoms with E-state index in [1.54, 1.807) is 6.20 Å². The number of hydrogen-bond donors (Lipinski definition) is 3. The first-order valence-electron chi connectivity index (χ1n) is 12.3. The Hall–Kier alpha value is -3.71. The van der Waals surface area contributed by atoms with Gasteiger partial charge in [0.05, 0.1) is 17.1 Å². The quantitative estimate of drug-likeness (QED) is 0.363. The van der Waals surface area contributed by atoms with Gasteiger partial charge >= 0.3 is 0 Å². The van der Waals surface area contributed by atoms with Crippen molar-refractivity contribution >= 4 is 22.7 Å². The van der Waals surface area contributed by atoms with Crippen LogP contribution in [0.1, 0.15) is 43.0 Å². The zero-order valence-electron chi connectivity index (χ0n) is 19.7. The third kappa shape index (κ3) is 5.20. The van der Waals surface area contributed by atoms with Gasteiger partial charge in [-0.3, -0.25) is 9.78 Å². The second-order valence-corrected chi connectivity index (χ2v) is 9.45. The second kappa shape index (κ2) is 10.3. The lowest BCUT2D eigenvalue weighted by atomic mass is 9.81. The summed E-state index contributed by atoms with van der Waals surface area (Å²) >= 11 is 0. The summed E-state index contributed by atoms with van der Waals surface area (Å²) in [5.74, 6) is 1.05. The van der Waals surface area contributed by atoms with E-state index in [9.17, 15) is 4.79 Å². The number of fused-ring (bicyclic) bond motifs is 1. The van der Waals surface area contributed by atoms with Crippen molar-refractivity contribution in [2.24, 2.45) is 17.6 Å². The molecule has 0 bridgehead atoms. The highest BCUT2D eigenvalue weighted by atomic mass is 16.5. The molecule has 1 atom stereocenters. The molecule has 1 fully saturated rings. The van der Waals surface area contributed by atoms with E-state index in [4.69, 9.17) is 16.0 Å². The number of nitrogens with two attached hydrogens (primary N) is 2. The average molecular weight is 470 g/mol. The largest absolute Gasteiger partial charge is 0.380 e. The Morgan fingerprint density at radius 2 is 1.80 bits per heavy atom. The molecular formula is C28H31N5O2. The lowest BCUT2D eigenvalue weighted by Gasteiger charge is -2.28. The first kappa shape index (κ1) is 23.1. The normalized spacial score (nSPS) is 18.9. The summed E-state index contributed by atoms with van der Waals surface area (Å²) in [6.45, 7) is 0.703. The Balaban J connectivity index is 1.41. The third-order valence-corrected chi connectivity index (χ3v) is 7.12. The highest BCUT2D eigenvalue weighted by molar-refractivity contribution is 5.90. The number of amides is 1. The molecule has 1 amide bonds. The summed E-state index contributed by atoms with van der Waals surface area (Å²) in [5.41, 5.74) is 16.3. The van der Waals surface area contributed by atoms with Crippen molar-refractivity contribution in [3.8, 4) is 11.1 Å². The molecule has 1 saturated carbocycles. The van der Waals surface area contributed by atoms with Crippen LogP contribution < -0.4 is 16.8 Å². The minimum absolute atomic E-state index is 0.0265. The zero-order chi connectivity index (χ0) is 24.2. The van der Waals surface area contributed by atoms with Gasteiger partial charge in [-0.2, -0.15) is 0 Å². The maximum absolute atomic E-state index is 13.3. The van der Waals surface area contributed by atoms with E-state index in [1.807, 2.05) is 48.5 Å². The van der Waals surface area contributed by atoms with Gasteiger partial charge in [0.15, 0.2) is 11.4 Å². The van der Waals surface area contributed by atoms with Crippen molar-refractivity contribution in [3.05, 3.63) is 78.1 Å². The first-order chi connectivity index (χ1) is 17.1. The molecule has 2 aromatic carbocycles. The number of carbonyl (C=O) groups excluding carboxylic acids is 1. The number of nitrogens with zero attached hydrogens (tertiary/aromatic N) is 2. The van der Waals surface area contributed by atoms with E-state index in [0.717, 1.165) is 53.5 Å². The van der Waals surface area contributed by atoms with Crippen LogP contribution >= 0.6 is 0 Å². The summed E-state index contributed by atoms with van der Waals surface area (Å²) in [4.78, 5) is 17.9. The van der Waals surface area contributed by atoms with Gasteiger partial charge in [-0.1, -0.05) is 41.6 Å². The molecule has 4 aromatic rings.